The fourth-order valence-corrected chi connectivity index (χ4v) is 5.24. The molecule has 0 N–H and O–H groups in total. The Morgan fingerprint density at radius 1 is 0.938 bits per heavy atom. The van der Waals surface area contributed by atoms with Crippen LogP contribution in [-0.2, 0) is 0 Å². The van der Waals surface area contributed by atoms with Gasteiger partial charge in [-0.05, 0) is 24.1 Å². The zero-order valence-electron chi connectivity index (χ0n) is 17.6. The monoisotopic (exact) mass is 415 g/mol. The number of carbonyl (C=O) groups excluding carboxylic acids is 1. The Bertz CT molecular complexity index is 1300. The third-order valence-electron chi connectivity index (χ3n) is 6.64. The average molecular weight is 415 g/mol. The van der Waals surface area contributed by atoms with Crippen molar-refractivity contribution in [2.24, 2.45) is 5.41 Å². The van der Waals surface area contributed by atoms with Gasteiger partial charge in [-0.25, -0.2) is 0 Å². The molecule has 0 radical (unpaired) electrons. The smallest absolute Gasteiger partial charge is 0.185 e. The van der Waals surface area contributed by atoms with Crippen molar-refractivity contribution in [1.29, 1.82) is 10.5 Å². The molecule has 2 heterocycles. The van der Waals surface area contributed by atoms with Crippen LogP contribution in [0.15, 0.2) is 84.9 Å². The molecule has 0 amide bonds. The number of hydrogen-bond acceptors (Lipinski definition) is 4. The first-order valence-corrected chi connectivity index (χ1v) is 10.6. The molecular weight excluding hydrogens is 394 g/mol. The van der Waals surface area contributed by atoms with Crippen molar-refractivity contribution in [2.75, 3.05) is 4.90 Å². The summed E-state index contributed by atoms with van der Waals surface area (Å²) in [6, 6.07) is 28.3. The number of carbonyl (C=O) groups is 1. The maximum Gasteiger partial charge on any atom is 0.185 e. The number of aryl methyl sites for hydroxylation is 1. The second-order valence-corrected chi connectivity index (χ2v) is 8.43. The molecule has 0 spiro atoms. The molecule has 154 valence electrons. The highest BCUT2D eigenvalue weighted by Gasteiger charge is 2.63. The van der Waals surface area contributed by atoms with Crippen LogP contribution in [0.2, 0.25) is 0 Å². The number of rotatable bonds is 3. The van der Waals surface area contributed by atoms with Crippen molar-refractivity contribution in [3.63, 3.8) is 0 Å². The minimum Gasteiger partial charge on any atom is -0.351 e. The van der Waals surface area contributed by atoms with E-state index in [9.17, 15) is 15.3 Å². The van der Waals surface area contributed by atoms with E-state index in [0.717, 1.165) is 22.4 Å². The summed E-state index contributed by atoms with van der Waals surface area (Å²) in [4.78, 5) is 16.0. The normalized spacial score (nSPS) is 22.3. The second-order valence-electron chi connectivity index (χ2n) is 8.43. The summed E-state index contributed by atoms with van der Waals surface area (Å²) in [6.07, 6.45) is 3.87. The van der Waals surface area contributed by atoms with Gasteiger partial charge in [0.15, 0.2) is 11.2 Å². The summed E-state index contributed by atoms with van der Waals surface area (Å²) in [5, 5.41) is 20.9. The molecule has 4 heteroatoms. The highest BCUT2D eigenvalue weighted by atomic mass is 16.1. The van der Waals surface area contributed by atoms with Gasteiger partial charge in [0.05, 0.1) is 18.2 Å². The van der Waals surface area contributed by atoms with E-state index in [1.54, 1.807) is 12.1 Å². The lowest BCUT2D eigenvalue weighted by molar-refractivity contribution is 0.0951. The van der Waals surface area contributed by atoms with E-state index >= 15 is 0 Å². The summed E-state index contributed by atoms with van der Waals surface area (Å²) in [6.45, 7) is 1.98. The van der Waals surface area contributed by atoms with Gasteiger partial charge in [0.2, 0.25) is 0 Å². The molecule has 2 aliphatic heterocycles. The van der Waals surface area contributed by atoms with Crippen molar-refractivity contribution < 1.29 is 4.79 Å². The number of Topliss-reactive ketones (excluding diaryl/α,β-unsaturated/α-hetero) is 1. The molecule has 0 aliphatic carbocycles. The first-order chi connectivity index (χ1) is 15.6. The first kappa shape index (κ1) is 19.8. The largest absolute Gasteiger partial charge is 0.351 e. The Morgan fingerprint density at radius 3 is 2.38 bits per heavy atom. The SMILES string of the molecule is Cc1cccc(C2C(C(=O)c3ccccc3)N3c4ccccc4C=CC3C2(C#N)C#N)c1. The molecule has 0 bridgehead atoms. The molecular formula is C28H21N3O. The van der Waals surface area contributed by atoms with Crippen LogP contribution in [0.4, 0.5) is 5.69 Å². The van der Waals surface area contributed by atoms with Crippen molar-refractivity contribution in [1.82, 2.24) is 0 Å². The number of nitrogens with zero attached hydrogens (tertiary/aromatic N) is 3. The van der Waals surface area contributed by atoms with E-state index < -0.39 is 23.4 Å². The molecule has 1 saturated heterocycles. The van der Waals surface area contributed by atoms with Crippen LogP contribution >= 0.6 is 0 Å². The number of hydrogen-bond donors (Lipinski definition) is 0. The van der Waals surface area contributed by atoms with E-state index in [0.29, 0.717) is 5.56 Å². The van der Waals surface area contributed by atoms with Gasteiger partial charge in [0.1, 0.15) is 6.04 Å². The Kier molecular flexibility index (Phi) is 4.65. The van der Waals surface area contributed by atoms with Crippen LogP contribution in [0.3, 0.4) is 0 Å². The van der Waals surface area contributed by atoms with Gasteiger partial charge in [-0.1, -0.05) is 90.5 Å². The Morgan fingerprint density at radius 2 is 1.66 bits per heavy atom. The molecule has 3 aromatic rings. The zero-order valence-corrected chi connectivity index (χ0v) is 17.6. The molecule has 3 aromatic carbocycles. The third kappa shape index (κ3) is 2.77. The fourth-order valence-electron chi connectivity index (χ4n) is 5.24. The molecule has 3 atom stereocenters. The average Bonchev–Trinajstić information content (AvgIpc) is 3.15. The van der Waals surface area contributed by atoms with Crippen LogP contribution in [0.5, 0.6) is 0 Å². The molecule has 2 aliphatic rings. The predicted molar refractivity (Wildman–Crippen MR) is 124 cm³/mol. The van der Waals surface area contributed by atoms with Crippen LogP contribution < -0.4 is 4.90 Å². The Balaban J connectivity index is 1.80. The topological polar surface area (TPSA) is 67.9 Å². The number of ketones is 1. The number of para-hydroxylation sites is 1. The van der Waals surface area contributed by atoms with Gasteiger partial charge in [0.25, 0.3) is 0 Å². The Labute approximate surface area is 187 Å². The maximum atomic E-state index is 14.0. The summed E-state index contributed by atoms with van der Waals surface area (Å²) in [5.41, 5.74) is 2.88. The van der Waals surface area contributed by atoms with Crippen LogP contribution in [-0.4, -0.2) is 17.9 Å². The number of anilines is 1. The molecule has 3 unspecified atom stereocenters. The van der Waals surface area contributed by atoms with E-state index in [2.05, 4.69) is 12.1 Å². The number of nitriles is 2. The zero-order chi connectivity index (χ0) is 22.3. The van der Waals surface area contributed by atoms with Gasteiger partial charge < -0.3 is 4.90 Å². The minimum absolute atomic E-state index is 0.0837. The van der Waals surface area contributed by atoms with Gasteiger partial charge in [-0.3, -0.25) is 4.79 Å². The van der Waals surface area contributed by atoms with Gasteiger partial charge >= 0.3 is 0 Å². The highest BCUT2D eigenvalue weighted by molar-refractivity contribution is 6.04. The number of benzene rings is 3. The predicted octanol–water partition coefficient (Wildman–Crippen LogP) is 5.28. The lowest BCUT2D eigenvalue weighted by atomic mass is 9.69. The molecule has 0 saturated carbocycles. The highest BCUT2D eigenvalue weighted by Crippen LogP contribution is 2.55. The summed E-state index contributed by atoms with van der Waals surface area (Å²) < 4.78 is 0. The lowest BCUT2D eigenvalue weighted by Crippen LogP contribution is -2.44. The van der Waals surface area contributed by atoms with Gasteiger partial charge in [0, 0.05) is 17.2 Å². The van der Waals surface area contributed by atoms with Crippen molar-refractivity contribution in [3.8, 4) is 12.1 Å². The van der Waals surface area contributed by atoms with Crippen molar-refractivity contribution in [2.45, 2.75) is 24.9 Å². The van der Waals surface area contributed by atoms with E-state index in [1.165, 1.54) is 0 Å². The Hall–Kier alpha value is -4.15. The molecule has 1 fully saturated rings. The van der Waals surface area contributed by atoms with Gasteiger partial charge in [-0.2, -0.15) is 10.5 Å². The molecule has 4 nitrogen and oxygen atoms in total. The molecule has 0 aromatic heterocycles. The van der Waals surface area contributed by atoms with E-state index in [-0.39, 0.29) is 5.78 Å². The third-order valence-corrected chi connectivity index (χ3v) is 6.64. The van der Waals surface area contributed by atoms with Crippen molar-refractivity contribution in [3.05, 3.63) is 107 Å². The quantitative estimate of drug-likeness (QED) is 0.546. The van der Waals surface area contributed by atoms with Crippen LogP contribution in [0.1, 0.15) is 33.0 Å². The second kappa shape index (κ2) is 7.52. The van der Waals surface area contributed by atoms with Crippen LogP contribution in [0.25, 0.3) is 6.08 Å². The standard InChI is InChI=1S/C28H21N3O/c1-19-8-7-12-22(16-19)25-26(27(32)21-10-3-2-4-11-21)31-23-13-6-5-9-20(23)14-15-24(31)28(25,17-29)18-30/h2-16,24-26H,1H3. The van der Waals surface area contributed by atoms with Gasteiger partial charge in [-0.15, -0.1) is 0 Å². The van der Waals surface area contributed by atoms with Crippen molar-refractivity contribution >= 4 is 17.5 Å². The molecule has 32 heavy (non-hydrogen) atoms. The summed E-state index contributed by atoms with van der Waals surface area (Å²) in [7, 11) is 0. The fraction of sp³-hybridized carbons (Fsp3) is 0.179. The minimum atomic E-state index is -1.41. The van der Waals surface area contributed by atoms with Crippen LogP contribution in [0, 0.1) is 35.0 Å². The lowest BCUT2D eigenvalue weighted by Gasteiger charge is -2.35. The van der Waals surface area contributed by atoms with E-state index in [1.807, 2.05) is 90.7 Å². The first-order valence-electron chi connectivity index (χ1n) is 10.6. The summed E-state index contributed by atoms with van der Waals surface area (Å²) in [5.74, 6) is -0.689. The summed E-state index contributed by atoms with van der Waals surface area (Å²) >= 11 is 0. The maximum absolute atomic E-state index is 14.0. The number of fused-ring (bicyclic) bond motifs is 3. The molecule has 5 rings (SSSR count). The van der Waals surface area contributed by atoms with E-state index in [4.69, 9.17) is 0 Å².